The summed E-state index contributed by atoms with van der Waals surface area (Å²) in [4.78, 5) is 4.44. The van der Waals surface area contributed by atoms with Crippen molar-refractivity contribution in [2.24, 2.45) is 5.41 Å². The average Bonchev–Trinajstić information content (AvgIpc) is 2.53. The van der Waals surface area contributed by atoms with Crippen molar-refractivity contribution in [3.63, 3.8) is 0 Å². The van der Waals surface area contributed by atoms with Gasteiger partial charge in [0, 0.05) is 17.1 Å². The second-order valence-corrected chi connectivity index (χ2v) is 6.64. The molecule has 3 rings (SSSR count). The van der Waals surface area contributed by atoms with E-state index in [1.807, 2.05) is 48.5 Å². The summed E-state index contributed by atoms with van der Waals surface area (Å²) in [5.74, 6) is 0. The first-order valence-corrected chi connectivity index (χ1v) is 7.78. The van der Waals surface area contributed by atoms with Crippen LogP contribution in [-0.2, 0) is 6.42 Å². The van der Waals surface area contributed by atoms with Gasteiger partial charge in [-0.3, -0.25) is 4.98 Å². The maximum absolute atomic E-state index is 13.1. The molecule has 1 nitrogen and oxygen atoms in total. The highest BCUT2D eigenvalue weighted by Gasteiger charge is 2.46. The number of fused-ring (bicyclic) bond motifs is 1. The molecule has 0 bridgehead atoms. The molecule has 1 heterocycles. The summed E-state index contributed by atoms with van der Waals surface area (Å²) < 4.78 is 39.3. The fraction of sp³-hybridized carbons (Fsp3) is 0.250. The molecule has 0 aliphatic carbocycles. The highest BCUT2D eigenvalue weighted by Crippen LogP contribution is 2.40. The van der Waals surface area contributed by atoms with E-state index >= 15 is 0 Å². The van der Waals surface area contributed by atoms with Crippen molar-refractivity contribution in [3.05, 3.63) is 66.4 Å². The standard InChI is InChI=1S/C20H18F3N/c1-19(2,20(21,22)23)13-14-8-9-17-16(12-14)10-11-24-18(17)15-6-4-3-5-7-15/h3-12H,13H2,1-2H3. The Morgan fingerprint density at radius 3 is 2.29 bits per heavy atom. The molecule has 0 aliphatic heterocycles. The molecule has 0 unspecified atom stereocenters. The predicted molar refractivity (Wildman–Crippen MR) is 90.7 cm³/mol. The minimum Gasteiger partial charge on any atom is -0.256 e. The molecule has 0 fully saturated rings. The maximum Gasteiger partial charge on any atom is 0.394 e. The van der Waals surface area contributed by atoms with Gasteiger partial charge in [0.25, 0.3) is 0 Å². The molecule has 0 saturated heterocycles. The average molecular weight is 329 g/mol. The van der Waals surface area contributed by atoms with Crippen molar-refractivity contribution in [1.82, 2.24) is 4.98 Å². The molecule has 0 aliphatic rings. The van der Waals surface area contributed by atoms with Gasteiger partial charge in [0.15, 0.2) is 0 Å². The molecule has 4 heteroatoms. The van der Waals surface area contributed by atoms with E-state index in [4.69, 9.17) is 0 Å². The van der Waals surface area contributed by atoms with Crippen LogP contribution in [0.25, 0.3) is 22.0 Å². The monoisotopic (exact) mass is 329 g/mol. The quantitative estimate of drug-likeness (QED) is 0.571. The molecule has 3 aromatic rings. The van der Waals surface area contributed by atoms with Crippen LogP contribution in [0.5, 0.6) is 0 Å². The SMILES string of the molecule is CC(C)(Cc1ccc2c(-c3ccccc3)nccc2c1)C(F)(F)F. The molecule has 0 N–H and O–H groups in total. The van der Waals surface area contributed by atoms with Crippen LogP contribution in [0.1, 0.15) is 19.4 Å². The van der Waals surface area contributed by atoms with Gasteiger partial charge in [-0.2, -0.15) is 13.2 Å². The van der Waals surface area contributed by atoms with Gasteiger partial charge in [0.05, 0.1) is 11.1 Å². The normalized spacial score (nSPS) is 12.5. The molecular weight excluding hydrogens is 311 g/mol. The van der Waals surface area contributed by atoms with Crippen LogP contribution in [0.2, 0.25) is 0 Å². The van der Waals surface area contributed by atoms with Crippen LogP contribution in [0.4, 0.5) is 13.2 Å². The van der Waals surface area contributed by atoms with Crippen molar-refractivity contribution in [3.8, 4) is 11.3 Å². The highest BCUT2D eigenvalue weighted by atomic mass is 19.4. The Balaban J connectivity index is 2.02. The van der Waals surface area contributed by atoms with Gasteiger partial charge in [0.2, 0.25) is 0 Å². The Hall–Kier alpha value is -2.36. The Labute approximate surface area is 139 Å². The summed E-state index contributed by atoms with van der Waals surface area (Å²) in [6, 6.07) is 17.1. The lowest BCUT2D eigenvalue weighted by Gasteiger charge is -2.27. The molecule has 1 aromatic heterocycles. The number of hydrogen-bond donors (Lipinski definition) is 0. The van der Waals surface area contributed by atoms with Crippen LogP contribution in [0.3, 0.4) is 0 Å². The molecule has 124 valence electrons. The zero-order valence-corrected chi connectivity index (χ0v) is 13.6. The van der Waals surface area contributed by atoms with Crippen LogP contribution in [0.15, 0.2) is 60.8 Å². The Morgan fingerprint density at radius 1 is 0.917 bits per heavy atom. The molecule has 0 atom stereocenters. The van der Waals surface area contributed by atoms with Crippen LogP contribution in [0, 0.1) is 5.41 Å². The third-order valence-electron chi connectivity index (χ3n) is 4.29. The van der Waals surface area contributed by atoms with Gasteiger partial charge >= 0.3 is 6.18 Å². The maximum atomic E-state index is 13.1. The summed E-state index contributed by atoms with van der Waals surface area (Å²) in [5.41, 5.74) is 0.756. The number of aromatic nitrogens is 1. The van der Waals surface area contributed by atoms with E-state index in [2.05, 4.69) is 4.98 Å². The zero-order valence-electron chi connectivity index (χ0n) is 13.6. The first-order chi connectivity index (χ1) is 11.3. The minimum atomic E-state index is -4.23. The molecule has 2 aromatic carbocycles. The van der Waals surface area contributed by atoms with Crippen molar-refractivity contribution < 1.29 is 13.2 Å². The predicted octanol–water partition coefficient (Wildman–Crippen LogP) is 6.03. The summed E-state index contributed by atoms with van der Waals surface area (Å²) >= 11 is 0. The van der Waals surface area contributed by atoms with Crippen LogP contribution in [-0.4, -0.2) is 11.2 Å². The Morgan fingerprint density at radius 2 is 1.62 bits per heavy atom. The number of hydrogen-bond acceptors (Lipinski definition) is 1. The Bertz CT molecular complexity index is 852. The second-order valence-electron chi connectivity index (χ2n) is 6.64. The molecule has 0 saturated carbocycles. The lowest BCUT2D eigenvalue weighted by molar-refractivity contribution is -0.211. The third-order valence-corrected chi connectivity index (χ3v) is 4.29. The second kappa shape index (κ2) is 5.93. The number of nitrogens with zero attached hydrogens (tertiary/aromatic N) is 1. The van der Waals surface area contributed by atoms with E-state index in [1.54, 1.807) is 12.3 Å². The van der Waals surface area contributed by atoms with Gasteiger partial charge in [-0.1, -0.05) is 62.4 Å². The first-order valence-electron chi connectivity index (χ1n) is 7.78. The van der Waals surface area contributed by atoms with E-state index in [0.29, 0.717) is 5.56 Å². The van der Waals surface area contributed by atoms with Crippen LogP contribution < -0.4 is 0 Å². The molecule has 0 radical (unpaired) electrons. The van der Waals surface area contributed by atoms with E-state index in [-0.39, 0.29) is 6.42 Å². The van der Waals surface area contributed by atoms with Gasteiger partial charge < -0.3 is 0 Å². The van der Waals surface area contributed by atoms with Crippen molar-refractivity contribution in [2.75, 3.05) is 0 Å². The van der Waals surface area contributed by atoms with E-state index in [0.717, 1.165) is 22.0 Å². The minimum absolute atomic E-state index is 0.0462. The molecule has 0 amide bonds. The van der Waals surface area contributed by atoms with E-state index < -0.39 is 11.6 Å². The van der Waals surface area contributed by atoms with E-state index in [9.17, 15) is 13.2 Å². The number of rotatable bonds is 3. The number of pyridine rings is 1. The molecular formula is C20H18F3N. The fourth-order valence-corrected chi connectivity index (χ4v) is 2.77. The Kier molecular flexibility index (Phi) is 4.08. The highest BCUT2D eigenvalue weighted by molar-refractivity contribution is 5.94. The smallest absolute Gasteiger partial charge is 0.256 e. The van der Waals surface area contributed by atoms with Gasteiger partial charge in [-0.15, -0.1) is 0 Å². The number of alkyl halides is 3. The summed E-state index contributed by atoms with van der Waals surface area (Å²) in [5, 5.41) is 1.84. The topological polar surface area (TPSA) is 12.9 Å². The largest absolute Gasteiger partial charge is 0.394 e. The zero-order chi connectivity index (χ0) is 17.4. The van der Waals surface area contributed by atoms with Crippen molar-refractivity contribution in [1.29, 1.82) is 0 Å². The lowest BCUT2D eigenvalue weighted by Crippen LogP contribution is -2.34. The first kappa shape index (κ1) is 16.5. The molecule has 0 spiro atoms. The van der Waals surface area contributed by atoms with Crippen molar-refractivity contribution >= 4 is 10.8 Å². The van der Waals surface area contributed by atoms with Crippen LogP contribution >= 0.6 is 0 Å². The summed E-state index contributed by atoms with van der Waals surface area (Å²) in [7, 11) is 0. The molecule has 24 heavy (non-hydrogen) atoms. The fourth-order valence-electron chi connectivity index (χ4n) is 2.77. The van der Waals surface area contributed by atoms with Crippen molar-refractivity contribution in [2.45, 2.75) is 26.4 Å². The number of benzene rings is 2. The van der Waals surface area contributed by atoms with E-state index in [1.165, 1.54) is 13.8 Å². The summed E-state index contributed by atoms with van der Waals surface area (Å²) in [6.07, 6.45) is -2.58. The lowest BCUT2D eigenvalue weighted by atomic mass is 9.84. The summed E-state index contributed by atoms with van der Waals surface area (Å²) in [6.45, 7) is 2.47. The van der Waals surface area contributed by atoms with Gasteiger partial charge in [0.1, 0.15) is 0 Å². The van der Waals surface area contributed by atoms with Gasteiger partial charge in [-0.05, 0) is 23.4 Å². The third kappa shape index (κ3) is 3.14. The number of halogens is 3. The van der Waals surface area contributed by atoms with Gasteiger partial charge in [-0.25, -0.2) is 0 Å².